The van der Waals surface area contributed by atoms with Gasteiger partial charge in [-0.05, 0) is 40.2 Å². The van der Waals surface area contributed by atoms with Crippen LogP contribution in [-0.2, 0) is 4.79 Å². The molecule has 1 N–H and O–H groups in total. The number of aliphatic hydroxyl groups is 1. The van der Waals surface area contributed by atoms with Crippen molar-refractivity contribution >= 4 is 5.91 Å². The lowest BCUT2D eigenvalue weighted by Gasteiger charge is -2.48. The van der Waals surface area contributed by atoms with Crippen molar-refractivity contribution < 1.29 is 9.90 Å². The lowest BCUT2D eigenvalue weighted by atomic mass is 9.78. The number of carbonyl (C=O) groups is 1. The third kappa shape index (κ3) is 1.84. The maximum Gasteiger partial charge on any atom is 0.254 e. The highest BCUT2D eigenvalue weighted by atomic mass is 16.3. The smallest absolute Gasteiger partial charge is 0.254 e. The first-order valence-electron chi connectivity index (χ1n) is 6.08. The summed E-state index contributed by atoms with van der Waals surface area (Å²) < 4.78 is 0. The molecule has 0 atom stereocenters. The molecule has 0 bridgehead atoms. The molecule has 0 radical (unpaired) electrons. The molecule has 4 nitrogen and oxygen atoms in total. The average molecular weight is 226 g/mol. The Hall–Kier alpha value is -0.610. The van der Waals surface area contributed by atoms with E-state index in [0.717, 1.165) is 19.5 Å². The lowest BCUT2D eigenvalue weighted by molar-refractivity contribution is -0.164. The van der Waals surface area contributed by atoms with Crippen LogP contribution in [0.3, 0.4) is 0 Å². The van der Waals surface area contributed by atoms with Crippen molar-refractivity contribution in [1.29, 1.82) is 0 Å². The molecule has 1 aliphatic carbocycles. The summed E-state index contributed by atoms with van der Waals surface area (Å²) in [5, 5.41) is 10.1. The summed E-state index contributed by atoms with van der Waals surface area (Å²) in [6, 6.07) is 0. The molecule has 0 unspecified atom stereocenters. The molecule has 0 aromatic carbocycles. The van der Waals surface area contributed by atoms with Crippen LogP contribution in [0.2, 0.25) is 0 Å². The van der Waals surface area contributed by atoms with Gasteiger partial charge in [-0.15, -0.1) is 0 Å². The van der Waals surface area contributed by atoms with Crippen molar-refractivity contribution in [1.82, 2.24) is 9.80 Å². The largest absolute Gasteiger partial charge is 0.380 e. The highest BCUT2D eigenvalue weighted by Gasteiger charge is 2.46. The second-order valence-corrected chi connectivity index (χ2v) is 5.85. The van der Waals surface area contributed by atoms with E-state index in [1.54, 1.807) is 0 Å². The van der Waals surface area contributed by atoms with Gasteiger partial charge in [0.25, 0.3) is 5.91 Å². The third-order valence-corrected chi connectivity index (χ3v) is 4.18. The van der Waals surface area contributed by atoms with Gasteiger partial charge < -0.3 is 10.0 Å². The fraction of sp³-hybridized carbons (Fsp3) is 0.917. The van der Waals surface area contributed by atoms with Gasteiger partial charge in [-0.3, -0.25) is 9.69 Å². The van der Waals surface area contributed by atoms with Crippen molar-refractivity contribution in [2.24, 2.45) is 0 Å². The number of hydrogen-bond donors (Lipinski definition) is 1. The van der Waals surface area contributed by atoms with E-state index in [4.69, 9.17) is 0 Å². The highest BCUT2D eigenvalue weighted by Crippen LogP contribution is 2.34. The second-order valence-electron chi connectivity index (χ2n) is 5.85. The highest BCUT2D eigenvalue weighted by molar-refractivity contribution is 5.86. The van der Waals surface area contributed by atoms with E-state index in [-0.39, 0.29) is 11.4 Å². The number of hydrogen-bond acceptors (Lipinski definition) is 3. The molecule has 0 aromatic rings. The summed E-state index contributed by atoms with van der Waals surface area (Å²) in [4.78, 5) is 16.3. The van der Waals surface area contributed by atoms with E-state index in [1.165, 1.54) is 0 Å². The van der Waals surface area contributed by atoms with Crippen LogP contribution >= 0.6 is 0 Å². The van der Waals surface area contributed by atoms with Crippen LogP contribution in [0.15, 0.2) is 0 Å². The van der Waals surface area contributed by atoms with Gasteiger partial charge in [-0.25, -0.2) is 0 Å². The molecule has 4 heteroatoms. The molecule has 1 aliphatic heterocycles. The Morgan fingerprint density at radius 2 is 1.88 bits per heavy atom. The summed E-state index contributed by atoms with van der Waals surface area (Å²) in [6.07, 6.45) is 2.25. The molecular formula is C12H22N2O2. The number of amides is 1. The van der Waals surface area contributed by atoms with E-state index in [9.17, 15) is 9.90 Å². The third-order valence-electron chi connectivity index (χ3n) is 4.18. The van der Waals surface area contributed by atoms with Gasteiger partial charge >= 0.3 is 0 Å². The lowest BCUT2D eigenvalue weighted by Crippen LogP contribution is -2.63. The summed E-state index contributed by atoms with van der Waals surface area (Å²) in [7, 11) is 2.08. The van der Waals surface area contributed by atoms with Crippen LogP contribution in [-0.4, -0.2) is 58.6 Å². The maximum absolute atomic E-state index is 12.2. The zero-order valence-electron chi connectivity index (χ0n) is 10.5. The molecule has 1 saturated heterocycles. The normalized spacial score (nSPS) is 28.6. The van der Waals surface area contributed by atoms with Gasteiger partial charge in [-0.1, -0.05) is 0 Å². The van der Waals surface area contributed by atoms with Gasteiger partial charge in [0.2, 0.25) is 0 Å². The Kier molecular flexibility index (Phi) is 2.75. The zero-order valence-corrected chi connectivity index (χ0v) is 10.5. The zero-order chi connectivity index (χ0) is 12.0. The van der Waals surface area contributed by atoms with Crippen LogP contribution < -0.4 is 0 Å². The number of nitrogens with zero attached hydrogens (tertiary/aromatic N) is 2. The molecule has 0 spiro atoms. The predicted molar refractivity (Wildman–Crippen MR) is 62.1 cm³/mol. The molecular weight excluding hydrogens is 204 g/mol. The Labute approximate surface area is 97.2 Å². The molecule has 2 fully saturated rings. The Morgan fingerprint density at radius 1 is 1.25 bits per heavy atom. The van der Waals surface area contributed by atoms with Gasteiger partial charge in [-0.2, -0.15) is 0 Å². The van der Waals surface area contributed by atoms with E-state index >= 15 is 0 Å². The fourth-order valence-corrected chi connectivity index (χ4v) is 2.43. The minimum absolute atomic E-state index is 0.00795. The molecule has 92 valence electrons. The maximum atomic E-state index is 12.2. The Balaban J connectivity index is 2.03. The summed E-state index contributed by atoms with van der Waals surface area (Å²) in [6.45, 7) is 6.61. The van der Waals surface area contributed by atoms with Crippen molar-refractivity contribution in [3.05, 3.63) is 0 Å². The molecule has 16 heavy (non-hydrogen) atoms. The monoisotopic (exact) mass is 226 g/mol. The fourth-order valence-electron chi connectivity index (χ4n) is 2.43. The summed E-state index contributed by atoms with van der Waals surface area (Å²) in [5.41, 5.74) is -1.03. The SMILES string of the molecule is CN1CCN(C(=O)C2(O)CCC2)CC1(C)C. The van der Waals surface area contributed by atoms with Gasteiger partial charge in [0.15, 0.2) is 0 Å². The quantitative estimate of drug-likeness (QED) is 0.706. The minimum atomic E-state index is -1.04. The number of likely N-dealkylation sites (N-methyl/N-ethyl adjacent to an activating group) is 1. The standard InChI is InChI=1S/C12H22N2O2/c1-11(2)9-14(8-7-13(11)3)10(15)12(16)5-4-6-12/h16H,4-9H2,1-3H3. The average Bonchev–Trinajstić information content (AvgIpc) is 2.17. The number of rotatable bonds is 1. The van der Waals surface area contributed by atoms with Crippen LogP contribution in [0.25, 0.3) is 0 Å². The molecule has 0 aromatic heterocycles. The van der Waals surface area contributed by atoms with Crippen LogP contribution in [0.1, 0.15) is 33.1 Å². The molecule has 2 rings (SSSR count). The Bertz CT molecular complexity index is 297. The van der Waals surface area contributed by atoms with E-state index in [2.05, 4.69) is 25.8 Å². The Morgan fingerprint density at radius 3 is 2.31 bits per heavy atom. The molecule has 2 aliphatic rings. The predicted octanol–water partition coefficient (Wildman–Crippen LogP) is 0.454. The summed E-state index contributed by atoms with van der Waals surface area (Å²) >= 11 is 0. The van der Waals surface area contributed by atoms with Crippen molar-refractivity contribution in [2.75, 3.05) is 26.7 Å². The minimum Gasteiger partial charge on any atom is -0.380 e. The van der Waals surface area contributed by atoms with Crippen LogP contribution in [0, 0.1) is 0 Å². The van der Waals surface area contributed by atoms with E-state index in [1.807, 2.05) is 4.90 Å². The number of carbonyl (C=O) groups excluding carboxylic acids is 1. The van der Waals surface area contributed by atoms with Gasteiger partial charge in [0.1, 0.15) is 5.60 Å². The summed E-state index contributed by atoms with van der Waals surface area (Å²) in [5.74, 6) is -0.0556. The molecule has 1 saturated carbocycles. The molecule has 1 heterocycles. The van der Waals surface area contributed by atoms with Crippen LogP contribution in [0.4, 0.5) is 0 Å². The van der Waals surface area contributed by atoms with Crippen molar-refractivity contribution in [2.45, 2.75) is 44.2 Å². The van der Waals surface area contributed by atoms with Crippen molar-refractivity contribution in [3.8, 4) is 0 Å². The topological polar surface area (TPSA) is 43.8 Å². The van der Waals surface area contributed by atoms with E-state index in [0.29, 0.717) is 19.4 Å². The van der Waals surface area contributed by atoms with Crippen LogP contribution in [0.5, 0.6) is 0 Å². The molecule has 1 amide bonds. The van der Waals surface area contributed by atoms with Gasteiger partial charge in [0, 0.05) is 25.2 Å². The first-order valence-corrected chi connectivity index (χ1v) is 6.08. The first kappa shape index (κ1) is 11.9. The first-order chi connectivity index (χ1) is 7.35. The van der Waals surface area contributed by atoms with Crippen molar-refractivity contribution in [3.63, 3.8) is 0 Å². The van der Waals surface area contributed by atoms with E-state index < -0.39 is 5.60 Å². The number of piperazine rings is 1. The van der Waals surface area contributed by atoms with Gasteiger partial charge in [0.05, 0.1) is 0 Å². The second kappa shape index (κ2) is 3.70.